The van der Waals surface area contributed by atoms with Gasteiger partial charge < -0.3 is 9.47 Å². The van der Waals surface area contributed by atoms with Crippen molar-refractivity contribution in [2.45, 2.75) is 12.4 Å². The van der Waals surface area contributed by atoms with E-state index >= 15 is 0 Å². The molecule has 9 heteroatoms. The Morgan fingerprint density at radius 1 is 1.00 bits per heavy atom. The van der Waals surface area contributed by atoms with Crippen molar-refractivity contribution in [3.63, 3.8) is 0 Å². The van der Waals surface area contributed by atoms with Gasteiger partial charge in [0.15, 0.2) is 0 Å². The minimum Gasteiger partial charge on any atom is -0.497 e. The van der Waals surface area contributed by atoms with E-state index in [4.69, 9.17) is 9.47 Å². The minimum absolute atomic E-state index is 0.143. The Hall–Kier alpha value is -2.19. The second-order valence-corrected chi connectivity index (χ2v) is 3.98. The zero-order valence-corrected chi connectivity index (χ0v) is 11.3. The Morgan fingerprint density at radius 2 is 1.59 bits per heavy atom. The van der Waals surface area contributed by atoms with Crippen molar-refractivity contribution in [2.75, 3.05) is 14.2 Å². The monoisotopic (exact) mass is 328 g/mol. The fraction of sp³-hybridized carbons (Fsp3) is 0.308. The Morgan fingerprint density at radius 3 is 2.00 bits per heavy atom. The van der Waals surface area contributed by atoms with Gasteiger partial charge >= 0.3 is 12.4 Å². The van der Waals surface area contributed by atoms with Crippen LogP contribution in [0.4, 0.5) is 26.3 Å². The van der Waals surface area contributed by atoms with E-state index in [1.807, 2.05) is 0 Å². The van der Waals surface area contributed by atoms with Crippen LogP contribution in [0, 0.1) is 0 Å². The number of ketones is 1. The first-order valence-corrected chi connectivity index (χ1v) is 5.63. The lowest BCUT2D eigenvalue weighted by atomic mass is 10.0. The van der Waals surface area contributed by atoms with Gasteiger partial charge in [-0.1, -0.05) is 0 Å². The number of hydrogen-bond donors (Lipinski definition) is 0. The molecule has 1 aromatic carbocycles. The molecule has 0 bridgehead atoms. The van der Waals surface area contributed by atoms with Gasteiger partial charge in [-0.2, -0.15) is 26.3 Å². The zero-order valence-electron chi connectivity index (χ0n) is 11.3. The van der Waals surface area contributed by atoms with Gasteiger partial charge in [-0.25, -0.2) is 0 Å². The van der Waals surface area contributed by atoms with E-state index in [0.29, 0.717) is 0 Å². The van der Waals surface area contributed by atoms with E-state index in [9.17, 15) is 31.1 Å². The highest BCUT2D eigenvalue weighted by molar-refractivity contribution is 6.01. The van der Waals surface area contributed by atoms with Gasteiger partial charge in [0.2, 0.25) is 0 Å². The van der Waals surface area contributed by atoms with E-state index in [2.05, 4.69) is 0 Å². The van der Waals surface area contributed by atoms with Crippen LogP contribution >= 0.6 is 0 Å². The first-order chi connectivity index (χ1) is 10.0. The van der Waals surface area contributed by atoms with Gasteiger partial charge in [0.25, 0.3) is 5.78 Å². The standard InChI is InChI=1S/C13H10F6O3/c1-21-7-3-4-8(10(5-7)22-2)9(12(14,15)16)6-11(20)13(17,18)19/h3-6H,1-2H3/b9-6+. The molecule has 0 unspecified atom stereocenters. The number of rotatable bonds is 4. The van der Waals surface area contributed by atoms with Gasteiger partial charge in [-0.3, -0.25) is 4.79 Å². The van der Waals surface area contributed by atoms with Gasteiger partial charge in [-0.15, -0.1) is 0 Å². The predicted molar refractivity (Wildman–Crippen MR) is 64.6 cm³/mol. The fourth-order valence-corrected chi connectivity index (χ4v) is 1.55. The van der Waals surface area contributed by atoms with Gasteiger partial charge in [0, 0.05) is 17.7 Å². The maximum Gasteiger partial charge on any atom is 0.454 e. The van der Waals surface area contributed by atoms with Crippen molar-refractivity contribution in [1.82, 2.24) is 0 Å². The number of hydrogen-bond acceptors (Lipinski definition) is 3. The summed E-state index contributed by atoms with van der Waals surface area (Å²) < 4.78 is 85.0. The summed E-state index contributed by atoms with van der Waals surface area (Å²) in [4.78, 5) is 10.9. The highest BCUT2D eigenvalue weighted by atomic mass is 19.4. The van der Waals surface area contributed by atoms with E-state index < -0.39 is 35.3 Å². The molecule has 0 saturated heterocycles. The number of carbonyl (C=O) groups is 1. The SMILES string of the molecule is COc1ccc(/C(=C\C(=O)C(F)(F)F)C(F)(F)F)c(OC)c1. The smallest absolute Gasteiger partial charge is 0.454 e. The highest BCUT2D eigenvalue weighted by Crippen LogP contribution is 2.40. The Labute approximate surface area is 121 Å². The topological polar surface area (TPSA) is 35.5 Å². The lowest BCUT2D eigenvalue weighted by molar-refractivity contribution is -0.165. The van der Waals surface area contributed by atoms with Gasteiger partial charge in [-0.05, 0) is 12.1 Å². The van der Waals surface area contributed by atoms with E-state index in [1.54, 1.807) is 0 Å². The van der Waals surface area contributed by atoms with Crippen molar-refractivity contribution in [2.24, 2.45) is 0 Å². The van der Waals surface area contributed by atoms with Crippen LogP contribution in [-0.4, -0.2) is 32.4 Å². The van der Waals surface area contributed by atoms with Crippen molar-refractivity contribution in [1.29, 1.82) is 0 Å². The Kier molecular flexibility index (Phi) is 5.10. The van der Waals surface area contributed by atoms with Crippen LogP contribution in [0.3, 0.4) is 0 Å². The third-order valence-corrected chi connectivity index (χ3v) is 2.56. The molecule has 0 spiro atoms. The molecule has 1 aromatic rings. The molecule has 0 heterocycles. The second kappa shape index (κ2) is 6.29. The normalized spacial score (nSPS) is 13.0. The van der Waals surface area contributed by atoms with Crippen LogP contribution in [0.25, 0.3) is 5.57 Å². The lowest BCUT2D eigenvalue weighted by Crippen LogP contribution is -2.23. The Balaban J connectivity index is 3.49. The molecular weight excluding hydrogens is 318 g/mol. The van der Waals surface area contributed by atoms with Gasteiger partial charge in [0.1, 0.15) is 11.5 Å². The molecule has 0 radical (unpaired) electrons. The average Bonchev–Trinajstić information content (AvgIpc) is 2.41. The van der Waals surface area contributed by atoms with E-state index in [0.717, 1.165) is 25.3 Å². The first-order valence-electron chi connectivity index (χ1n) is 5.63. The number of carbonyl (C=O) groups excluding carboxylic acids is 1. The number of halogens is 6. The minimum atomic E-state index is -5.41. The molecule has 0 amide bonds. The average molecular weight is 328 g/mol. The van der Waals surface area contributed by atoms with Gasteiger partial charge in [0.05, 0.1) is 19.8 Å². The summed E-state index contributed by atoms with van der Waals surface area (Å²) in [5, 5.41) is 0. The number of alkyl halides is 6. The van der Waals surface area contributed by atoms with Crippen molar-refractivity contribution in [3.05, 3.63) is 29.8 Å². The van der Waals surface area contributed by atoms with E-state index in [-0.39, 0.29) is 11.5 Å². The third-order valence-electron chi connectivity index (χ3n) is 2.56. The molecule has 0 aliphatic carbocycles. The molecule has 0 saturated carbocycles. The molecule has 3 nitrogen and oxygen atoms in total. The summed E-state index contributed by atoms with van der Waals surface area (Å²) in [6, 6.07) is 3.03. The molecule has 0 aliphatic rings. The fourth-order valence-electron chi connectivity index (χ4n) is 1.55. The van der Waals surface area contributed by atoms with Crippen molar-refractivity contribution < 1.29 is 40.6 Å². The first kappa shape index (κ1) is 17.9. The summed E-state index contributed by atoms with van der Waals surface area (Å²) in [6.07, 6.45) is -11.1. The maximum absolute atomic E-state index is 13.0. The molecule has 0 fully saturated rings. The van der Waals surface area contributed by atoms with E-state index in [1.165, 1.54) is 7.11 Å². The van der Waals surface area contributed by atoms with Crippen LogP contribution in [0.15, 0.2) is 24.3 Å². The van der Waals surface area contributed by atoms with Crippen LogP contribution < -0.4 is 9.47 Å². The lowest BCUT2D eigenvalue weighted by Gasteiger charge is -2.16. The van der Waals surface area contributed by atoms with Crippen molar-refractivity contribution in [3.8, 4) is 11.5 Å². The highest BCUT2D eigenvalue weighted by Gasteiger charge is 2.42. The number of benzene rings is 1. The summed E-state index contributed by atoms with van der Waals surface area (Å²) >= 11 is 0. The second-order valence-electron chi connectivity index (χ2n) is 3.98. The molecule has 0 atom stereocenters. The number of methoxy groups -OCH3 is 2. The van der Waals surface area contributed by atoms with Crippen LogP contribution in [-0.2, 0) is 4.79 Å². The summed E-state index contributed by atoms with van der Waals surface area (Å²) in [7, 11) is 2.29. The van der Waals surface area contributed by atoms with Crippen LogP contribution in [0.1, 0.15) is 5.56 Å². The summed E-state index contributed by atoms with van der Waals surface area (Å²) in [5.41, 5.74) is -2.46. The largest absolute Gasteiger partial charge is 0.497 e. The quantitative estimate of drug-likeness (QED) is 0.623. The maximum atomic E-state index is 13.0. The van der Waals surface area contributed by atoms with Crippen LogP contribution in [0.2, 0.25) is 0 Å². The van der Waals surface area contributed by atoms with Crippen LogP contribution in [0.5, 0.6) is 11.5 Å². The number of ether oxygens (including phenoxy) is 2. The third kappa shape index (κ3) is 4.15. The number of allylic oxidation sites excluding steroid dienone is 2. The summed E-state index contributed by atoms with van der Waals surface area (Å²) in [6.45, 7) is 0. The Bertz CT molecular complexity index is 586. The predicted octanol–water partition coefficient (Wildman–Crippen LogP) is 3.78. The molecular formula is C13H10F6O3. The molecule has 0 aromatic heterocycles. The van der Waals surface area contributed by atoms with Crippen molar-refractivity contribution >= 4 is 11.4 Å². The molecule has 0 aliphatic heterocycles. The molecule has 22 heavy (non-hydrogen) atoms. The molecule has 1 rings (SSSR count). The summed E-state index contributed by atoms with van der Waals surface area (Å²) in [5.74, 6) is -2.85. The molecule has 0 N–H and O–H groups in total. The molecule has 122 valence electrons. The zero-order chi connectivity index (χ0) is 17.1.